The Kier molecular flexibility index (Phi) is 2.60. The van der Waals surface area contributed by atoms with Crippen LogP contribution in [0.3, 0.4) is 0 Å². The smallest absolute Gasteiger partial charge is 0.267 e. The van der Waals surface area contributed by atoms with Crippen LogP contribution in [-0.2, 0) is 15.3 Å². The highest BCUT2D eigenvalue weighted by Crippen LogP contribution is 2.64. The topological polar surface area (TPSA) is 29.5 Å². The Bertz CT molecular complexity index is 649. The standard InChI is InChI=1S/C17H17Cl2NO2/c18-16(19)15(21)20-9-13-10-6-7-11(8-10)14(13)22-17(16,20)12-4-2-1-3-5-12/h1-5,10-11,13-14H,6-9H2/t10-,11+,13+,14-,17-/m0/s1. The Labute approximate surface area is 139 Å². The third-order valence-electron chi connectivity index (χ3n) is 6.19. The van der Waals surface area contributed by atoms with Gasteiger partial charge in [-0.25, -0.2) is 0 Å². The van der Waals surface area contributed by atoms with E-state index in [1.807, 2.05) is 30.3 Å². The minimum atomic E-state index is -1.53. The van der Waals surface area contributed by atoms with E-state index in [-0.39, 0.29) is 12.0 Å². The molecule has 2 aliphatic carbocycles. The van der Waals surface area contributed by atoms with Crippen LogP contribution < -0.4 is 0 Å². The van der Waals surface area contributed by atoms with Gasteiger partial charge in [-0.3, -0.25) is 4.79 Å². The highest BCUT2D eigenvalue weighted by Gasteiger charge is 2.76. The Balaban J connectivity index is 1.62. The first-order valence-corrected chi connectivity index (χ1v) is 8.74. The lowest BCUT2D eigenvalue weighted by molar-refractivity contribution is -0.290. The summed E-state index contributed by atoms with van der Waals surface area (Å²) in [6.07, 6.45) is 3.89. The third kappa shape index (κ3) is 1.37. The molecule has 5 atom stereocenters. The van der Waals surface area contributed by atoms with Gasteiger partial charge in [0.2, 0.25) is 10.1 Å². The number of amides is 1. The number of ether oxygens (including phenoxy) is 1. The summed E-state index contributed by atoms with van der Waals surface area (Å²) in [5, 5.41) is 0. The molecule has 2 saturated heterocycles. The molecule has 1 aromatic carbocycles. The van der Waals surface area contributed by atoms with Crippen LogP contribution in [0.25, 0.3) is 0 Å². The number of β-lactam (4-membered cyclic amide) rings is 1. The van der Waals surface area contributed by atoms with Crippen LogP contribution in [0.15, 0.2) is 30.3 Å². The lowest BCUT2D eigenvalue weighted by Gasteiger charge is -2.64. The number of carbonyl (C=O) groups is 1. The van der Waals surface area contributed by atoms with Crippen molar-refractivity contribution >= 4 is 29.1 Å². The van der Waals surface area contributed by atoms with E-state index in [2.05, 4.69) is 0 Å². The van der Waals surface area contributed by atoms with Crippen molar-refractivity contribution < 1.29 is 9.53 Å². The van der Waals surface area contributed by atoms with Gasteiger partial charge in [0.15, 0.2) is 0 Å². The molecule has 0 radical (unpaired) electrons. The van der Waals surface area contributed by atoms with Crippen LogP contribution in [-0.4, -0.2) is 27.8 Å². The largest absolute Gasteiger partial charge is 0.344 e. The van der Waals surface area contributed by atoms with Crippen molar-refractivity contribution in [3.8, 4) is 0 Å². The van der Waals surface area contributed by atoms with Gasteiger partial charge >= 0.3 is 0 Å². The molecule has 22 heavy (non-hydrogen) atoms. The molecule has 2 heterocycles. The fourth-order valence-electron chi connectivity index (χ4n) is 5.19. The molecule has 2 saturated carbocycles. The predicted molar refractivity (Wildman–Crippen MR) is 83.5 cm³/mol. The Hall–Kier alpha value is -0.770. The molecule has 2 aliphatic heterocycles. The van der Waals surface area contributed by atoms with E-state index < -0.39 is 10.1 Å². The first kappa shape index (κ1) is 13.6. The van der Waals surface area contributed by atoms with Gasteiger partial charge in [0.25, 0.3) is 5.91 Å². The summed E-state index contributed by atoms with van der Waals surface area (Å²) in [6.45, 7) is 0.723. The van der Waals surface area contributed by atoms with Crippen molar-refractivity contribution in [2.45, 2.75) is 35.4 Å². The van der Waals surface area contributed by atoms with Crippen molar-refractivity contribution in [2.75, 3.05) is 6.54 Å². The van der Waals surface area contributed by atoms with E-state index >= 15 is 0 Å². The second-order valence-electron chi connectivity index (χ2n) is 7.08. The third-order valence-corrected chi connectivity index (χ3v) is 7.03. The first-order chi connectivity index (χ1) is 10.6. The maximum atomic E-state index is 12.5. The fourth-order valence-corrected chi connectivity index (χ4v) is 5.91. The van der Waals surface area contributed by atoms with Gasteiger partial charge in [-0.15, -0.1) is 0 Å². The molecule has 5 rings (SSSR count). The Morgan fingerprint density at radius 3 is 2.64 bits per heavy atom. The van der Waals surface area contributed by atoms with E-state index in [1.54, 1.807) is 4.90 Å². The minimum Gasteiger partial charge on any atom is -0.344 e. The molecule has 0 aromatic heterocycles. The average molecular weight is 338 g/mol. The second-order valence-corrected chi connectivity index (χ2v) is 8.41. The summed E-state index contributed by atoms with van der Waals surface area (Å²) in [6, 6.07) is 9.72. The zero-order chi connectivity index (χ0) is 15.1. The number of rotatable bonds is 1. The van der Waals surface area contributed by atoms with Crippen molar-refractivity contribution in [2.24, 2.45) is 17.8 Å². The predicted octanol–water partition coefficient (Wildman–Crippen LogP) is 3.30. The van der Waals surface area contributed by atoms with Crippen LogP contribution in [0.5, 0.6) is 0 Å². The summed E-state index contributed by atoms with van der Waals surface area (Å²) >= 11 is 12.9. The van der Waals surface area contributed by atoms with Crippen LogP contribution in [0.2, 0.25) is 0 Å². The molecule has 0 N–H and O–H groups in total. The summed E-state index contributed by atoms with van der Waals surface area (Å²) in [5.74, 6) is 1.51. The molecule has 2 bridgehead atoms. The molecular weight excluding hydrogens is 321 g/mol. The zero-order valence-corrected chi connectivity index (χ0v) is 13.6. The SMILES string of the molecule is O=C1N2C[C@@H]3[C@H]4CC[C@H](C4)[C@@H]3O[C@@]2(c2ccccc2)C1(Cl)Cl. The molecule has 4 fully saturated rings. The van der Waals surface area contributed by atoms with E-state index in [0.717, 1.165) is 12.1 Å². The summed E-state index contributed by atoms with van der Waals surface area (Å²) < 4.78 is 5.02. The van der Waals surface area contributed by atoms with Gasteiger partial charge in [-0.05, 0) is 31.1 Å². The Morgan fingerprint density at radius 1 is 1.14 bits per heavy atom. The number of alkyl halides is 2. The number of hydrogen-bond acceptors (Lipinski definition) is 2. The number of carbonyl (C=O) groups excluding carboxylic acids is 1. The van der Waals surface area contributed by atoms with Gasteiger partial charge in [0.1, 0.15) is 0 Å². The maximum absolute atomic E-state index is 12.5. The minimum absolute atomic E-state index is 0.181. The number of fused-ring (bicyclic) bond motifs is 6. The monoisotopic (exact) mass is 337 g/mol. The molecular formula is C17H17Cl2NO2. The van der Waals surface area contributed by atoms with Crippen molar-refractivity contribution in [1.82, 2.24) is 4.90 Å². The molecule has 116 valence electrons. The highest BCUT2D eigenvalue weighted by molar-refractivity contribution is 6.61. The molecule has 1 amide bonds. The lowest BCUT2D eigenvalue weighted by atomic mass is 9.78. The summed E-state index contributed by atoms with van der Waals surface area (Å²) in [7, 11) is 0. The fraction of sp³-hybridized carbons (Fsp3) is 0.588. The van der Waals surface area contributed by atoms with E-state index in [4.69, 9.17) is 27.9 Å². The van der Waals surface area contributed by atoms with Crippen molar-refractivity contribution in [3.63, 3.8) is 0 Å². The average Bonchev–Trinajstić information content (AvgIpc) is 3.15. The van der Waals surface area contributed by atoms with Crippen molar-refractivity contribution in [1.29, 1.82) is 0 Å². The molecule has 3 nitrogen and oxygen atoms in total. The van der Waals surface area contributed by atoms with Gasteiger partial charge < -0.3 is 9.64 Å². The molecule has 5 heteroatoms. The maximum Gasteiger partial charge on any atom is 0.267 e. The quantitative estimate of drug-likeness (QED) is 0.581. The molecule has 1 aromatic rings. The zero-order valence-electron chi connectivity index (χ0n) is 12.0. The van der Waals surface area contributed by atoms with Gasteiger partial charge in [0, 0.05) is 18.0 Å². The van der Waals surface area contributed by atoms with E-state index in [9.17, 15) is 4.79 Å². The van der Waals surface area contributed by atoms with Gasteiger partial charge in [-0.1, -0.05) is 53.5 Å². The van der Waals surface area contributed by atoms with Gasteiger partial charge in [-0.2, -0.15) is 0 Å². The summed E-state index contributed by atoms with van der Waals surface area (Å²) in [5.41, 5.74) is -0.138. The normalized spacial score (nSPS) is 44.5. The van der Waals surface area contributed by atoms with Crippen LogP contribution in [0, 0.1) is 17.8 Å². The summed E-state index contributed by atoms with van der Waals surface area (Å²) in [4.78, 5) is 14.2. The van der Waals surface area contributed by atoms with Gasteiger partial charge in [0.05, 0.1) is 6.10 Å². The van der Waals surface area contributed by atoms with Crippen LogP contribution in [0.1, 0.15) is 24.8 Å². The molecule has 4 aliphatic rings. The number of nitrogens with zero attached hydrogens (tertiary/aromatic N) is 1. The first-order valence-electron chi connectivity index (χ1n) is 7.99. The molecule has 0 spiro atoms. The highest BCUT2D eigenvalue weighted by atomic mass is 35.5. The number of benzene rings is 1. The van der Waals surface area contributed by atoms with Crippen molar-refractivity contribution in [3.05, 3.63) is 35.9 Å². The van der Waals surface area contributed by atoms with E-state index in [0.29, 0.717) is 17.8 Å². The van der Waals surface area contributed by atoms with Crippen LogP contribution >= 0.6 is 23.2 Å². The lowest BCUT2D eigenvalue weighted by Crippen LogP contribution is -2.80. The Morgan fingerprint density at radius 2 is 1.86 bits per heavy atom. The number of hydrogen-bond donors (Lipinski definition) is 0. The second kappa shape index (κ2) is 4.19. The van der Waals surface area contributed by atoms with E-state index in [1.165, 1.54) is 19.3 Å². The van der Waals surface area contributed by atoms with Crippen LogP contribution in [0.4, 0.5) is 0 Å². The number of halogens is 2. The molecule has 0 unspecified atom stereocenters.